The summed E-state index contributed by atoms with van der Waals surface area (Å²) in [5.74, 6) is -0.863. The van der Waals surface area contributed by atoms with Gasteiger partial charge in [-0.3, -0.25) is 10.1 Å². The maximum Gasteiger partial charge on any atom is 0.339 e. The van der Waals surface area contributed by atoms with E-state index < -0.39 is 24.5 Å². The first-order valence-electron chi connectivity index (χ1n) is 10.3. The number of nitrogens with one attached hydrogen (secondary N) is 2. The van der Waals surface area contributed by atoms with Gasteiger partial charge in [-0.25, -0.2) is 14.6 Å². The Kier molecular flexibility index (Phi) is 6.26. The highest BCUT2D eigenvalue weighted by Gasteiger charge is 2.20. The van der Waals surface area contributed by atoms with E-state index in [0.29, 0.717) is 22.4 Å². The van der Waals surface area contributed by atoms with Crippen molar-refractivity contribution >= 4 is 28.8 Å². The molecule has 2 heterocycles. The second-order valence-electron chi connectivity index (χ2n) is 7.48. The third kappa shape index (κ3) is 5.09. The highest BCUT2D eigenvalue weighted by Crippen LogP contribution is 2.25. The van der Waals surface area contributed by atoms with Crippen LogP contribution in [0, 0.1) is 0 Å². The number of amides is 3. The van der Waals surface area contributed by atoms with Crippen molar-refractivity contribution in [3.63, 3.8) is 0 Å². The second-order valence-corrected chi connectivity index (χ2v) is 7.48. The molecule has 1 aliphatic rings. The van der Waals surface area contributed by atoms with Crippen molar-refractivity contribution in [3.8, 4) is 11.5 Å². The van der Waals surface area contributed by atoms with Crippen molar-refractivity contribution in [3.05, 3.63) is 54.3 Å². The highest BCUT2D eigenvalue weighted by atomic mass is 16.5. The monoisotopic (exact) mass is 421 g/mol. The van der Waals surface area contributed by atoms with Gasteiger partial charge in [0, 0.05) is 11.4 Å². The van der Waals surface area contributed by atoms with Gasteiger partial charge in [-0.15, -0.1) is 0 Å². The predicted molar refractivity (Wildman–Crippen MR) is 113 cm³/mol. The Balaban J connectivity index is 1.41. The number of rotatable bonds is 5. The van der Waals surface area contributed by atoms with Gasteiger partial charge in [0.25, 0.3) is 5.91 Å². The molecule has 0 unspecified atom stereocenters. The zero-order valence-electron chi connectivity index (χ0n) is 16.9. The summed E-state index contributed by atoms with van der Waals surface area (Å²) in [6.07, 6.45) is 6.63. The lowest BCUT2D eigenvalue weighted by atomic mass is 9.96. The third-order valence-corrected chi connectivity index (χ3v) is 5.24. The maximum absolute atomic E-state index is 12.7. The van der Waals surface area contributed by atoms with Gasteiger partial charge >= 0.3 is 12.0 Å². The van der Waals surface area contributed by atoms with Crippen molar-refractivity contribution in [2.45, 2.75) is 38.1 Å². The summed E-state index contributed by atoms with van der Waals surface area (Å²) < 4.78 is 10.6. The van der Waals surface area contributed by atoms with Crippen LogP contribution in [0.15, 0.2) is 53.1 Å². The molecule has 0 radical (unpaired) electrons. The fraction of sp³-hybridized carbons (Fsp3) is 0.304. The predicted octanol–water partition coefficient (Wildman–Crippen LogP) is 3.81. The van der Waals surface area contributed by atoms with Gasteiger partial charge in [0.2, 0.25) is 0 Å². The smallest absolute Gasteiger partial charge is 0.339 e. The molecule has 3 amide bonds. The van der Waals surface area contributed by atoms with Crippen molar-refractivity contribution in [1.82, 2.24) is 15.6 Å². The van der Waals surface area contributed by atoms with Crippen LogP contribution in [0.3, 0.4) is 0 Å². The summed E-state index contributed by atoms with van der Waals surface area (Å²) >= 11 is 0. The first-order chi connectivity index (χ1) is 15.1. The van der Waals surface area contributed by atoms with Crippen LogP contribution in [0.25, 0.3) is 22.4 Å². The topological polar surface area (TPSA) is 111 Å². The first kappa shape index (κ1) is 20.6. The van der Waals surface area contributed by atoms with E-state index in [2.05, 4.69) is 15.6 Å². The number of hydrogen-bond acceptors (Lipinski definition) is 6. The molecule has 0 bridgehead atoms. The van der Waals surface area contributed by atoms with Crippen LogP contribution in [0.4, 0.5) is 4.79 Å². The molecule has 0 spiro atoms. The van der Waals surface area contributed by atoms with Gasteiger partial charge in [-0.05, 0) is 37.1 Å². The molecule has 0 saturated heterocycles. The lowest BCUT2D eigenvalue weighted by Crippen LogP contribution is -2.46. The summed E-state index contributed by atoms with van der Waals surface area (Å²) in [7, 11) is 0. The molecule has 160 valence electrons. The van der Waals surface area contributed by atoms with Gasteiger partial charge in [-0.1, -0.05) is 37.5 Å². The molecule has 1 aromatic carbocycles. The zero-order chi connectivity index (χ0) is 21.6. The number of nitrogens with zero attached hydrogens (tertiary/aromatic N) is 1. The highest BCUT2D eigenvalue weighted by molar-refractivity contribution is 6.05. The number of para-hydroxylation sites is 1. The Morgan fingerprint density at radius 1 is 1.06 bits per heavy atom. The lowest BCUT2D eigenvalue weighted by Gasteiger charge is -2.22. The first-order valence-corrected chi connectivity index (χ1v) is 10.3. The largest absolute Gasteiger partial charge is 0.463 e. The van der Waals surface area contributed by atoms with Gasteiger partial charge in [0.1, 0.15) is 5.69 Å². The van der Waals surface area contributed by atoms with E-state index in [9.17, 15) is 14.4 Å². The normalized spacial score (nSPS) is 14.2. The number of fused-ring (bicyclic) bond motifs is 1. The Hall–Kier alpha value is -3.68. The molecule has 0 atom stereocenters. The molecular formula is C23H23N3O5. The van der Waals surface area contributed by atoms with Gasteiger partial charge < -0.3 is 14.5 Å². The van der Waals surface area contributed by atoms with Crippen LogP contribution < -0.4 is 10.6 Å². The minimum absolute atomic E-state index is 0.0762. The van der Waals surface area contributed by atoms with E-state index in [1.54, 1.807) is 36.4 Å². The molecule has 0 aliphatic heterocycles. The van der Waals surface area contributed by atoms with Crippen LogP contribution in [0.2, 0.25) is 0 Å². The maximum atomic E-state index is 12.7. The van der Waals surface area contributed by atoms with Crippen LogP contribution in [0.5, 0.6) is 0 Å². The van der Waals surface area contributed by atoms with Crippen molar-refractivity contribution in [2.24, 2.45) is 0 Å². The van der Waals surface area contributed by atoms with Crippen molar-refractivity contribution < 1.29 is 23.5 Å². The summed E-state index contributed by atoms with van der Waals surface area (Å²) in [5.41, 5.74) is 1.34. The number of furan rings is 1. The molecular weight excluding hydrogens is 398 g/mol. The molecule has 1 aliphatic carbocycles. The Labute approximate surface area is 179 Å². The summed E-state index contributed by atoms with van der Waals surface area (Å²) in [6, 6.07) is 11.7. The number of urea groups is 1. The van der Waals surface area contributed by atoms with E-state index >= 15 is 0 Å². The van der Waals surface area contributed by atoms with Crippen LogP contribution in [-0.4, -0.2) is 35.5 Å². The van der Waals surface area contributed by atoms with Gasteiger partial charge in [-0.2, -0.15) is 0 Å². The molecule has 3 aromatic rings. The van der Waals surface area contributed by atoms with E-state index in [1.807, 2.05) is 6.07 Å². The van der Waals surface area contributed by atoms with Crippen LogP contribution in [-0.2, 0) is 9.53 Å². The average molecular weight is 421 g/mol. The van der Waals surface area contributed by atoms with Gasteiger partial charge in [0.05, 0.1) is 17.3 Å². The molecule has 31 heavy (non-hydrogen) atoms. The number of esters is 1. The molecule has 4 rings (SSSR count). The molecule has 2 aromatic heterocycles. The van der Waals surface area contributed by atoms with E-state index in [-0.39, 0.29) is 11.6 Å². The molecule has 8 nitrogen and oxygen atoms in total. The molecule has 8 heteroatoms. The van der Waals surface area contributed by atoms with E-state index in [4.69, 9.17) is 9.15 Å². The number of hydrogen-bond donors (Lipinski definition) is 2. The number of benzene rings is 1. The summed E-state index contributed by atoms with van der Waals surface area (Å²) in [5, 5.41) is 5.59. The van der Waals surface area contributed by atoms with Crippen LogP contribution >= 0.6 is 0 Å². The number of carbonyl (C=O) groups excluding carboxylic acids is 3. The second kappa shape index (κ2) is 9.42. The minimum Gasteiger partial charge on any atom is -0.463 e. The van der Waals surface area contributed by atoms with Gasteiger partial charge in [0.15, 0.2) is 12.4 Å². The minimum atomic E-state index is -0.689. The van der Waals surface area contributed by atoms with E-state index in [1.165, 1.54) is 12.7 Å². The number of carbonyl (C=O) groups is 3. The summed E-state index contributed by atoms with van der Waals surface area (Å²) in [6.45, 7) is -0.566. The fourth-order valence-electron chi connectivity index (χ4n) is 3.73. The average Bonchev–Trinajstić information content (AvgIpc) is 3.32. The number of aromatic nitrogens is 1. The zero-order valence-corrected chi connectivity index (χ0v) is 16.9. The van der Waals surface area contributed by atoms with Crippen molar-refractivity contribution in [1.29, 1.82) is 0 Å². The Morgan fingerprint density at radius 3 is 2.65 bits per heavy atom. The Bertz CT molecular complexity index is 1090. The number of pyridine rings is 1. The summed E-state index contributed by atoms with van der Waals surface area (Å²) in [4.78, 5) is 41.3. The van der Waals surface area contributed by atoms with Crippen LogP contribution in [0.1, 0.15) is 42.5 Å². The Morgan fingerprint density at radius 2 is 1.87 bits per heavy atom. The molecule has 1 fully saturated rings. The SMILES string of the molecule is O=C(COC(=O)c1cc(-c2ccco2)nc2ccccc12)NC(=O)NC1CCCCC1. The third-order valence-electron chi connectivity index (χ3n) is 5.24. The number of imide groups is 1. The molecule has 1 saturated carbocycles. The standard InChI is InChI=1S/C23H23N3O5/c27-21(26-23(29)24-15-7-2-1-3-8-15)14-31-22(28)17-13-19(20-11-6-12-30-20)25-18-10-5-4-9-16(17)18/h4-6,9-13,15H,1-3,7-8,14H2,(H2,24,26,27,29). The number of ether oxygens (including phenoxy) is 1. The molecule has 2 N–H and O–H groups in total. The van der Waals surface area contributed by atoms with E-state index in [0.717, 1.165) is 25.7 Å². The fourth-order valence-corrected chi connectivity index (χ4v) is 3.73. The quantitative estimate of drug-likeness (QED) is 0.606. The van der Waals surface area contributed by atoms with Crippen molar-refractivity contribution in [2.75, 3.05) is 6.61 Å². The lowest BCUT2D eigenvalue weighted by molar-refractivity contribution is -0.123.